The molecule has 0 unspecified atom stereocenters. The largest absolute Gasteiger partial charge is 0.497 e. The van der Waals surface area contributed by atoms with Crippen LogP contribution < -0.4 is 14.5 Å². The molecule has 27 heavy (non-hydrogen) atoms. The number of fused-ring (bicyclic) bond motifs is 1. The van der Waals surface area contributed by atoms with E-state index in [1.54, 1.807) is 12.0 Å². The molecule has 0 aliphatic rings. The van der Waals surface area contributed by atoms with Crippen LogP contribution in [0.5, 0.6) is 5.75 Å². The van der Waals surface area contributed by atoms with Crippen LogP contribution in [0, 0.1) is 0 Å². The van der Waals surface area contributed by atoms with Crippen LogP contribution in [0.2, 0.25) is 5.02 Å². The first-order valence-corrected chi connectivity index (χ1v) is 9.94. The first-order chi connectivity index (χ1) is 13.0. The van der Waals surface area contributed by atoms with E-state index in [0.717, 1.165) is 28.1 Å². The van der Waals surface area contributed by atoms with Crippen molar-refractivity contribution in [2.75, 3.05) is 39.2 Å². The number of methoxy groups -OCH3 is 1. The van der Waals surface area contributed by atoms with Gasteiger partial charge in [-0.25, -0.2) is 4.98 Å². The lowest BCUT2D eigenvalue weighted by atomic mass is 10.1. The van der Waals surface area contributed by atoms with Crippen LogP contribution in [-0.2, 0) is 11.2 Å². The van der Waals surface area contributed by atoms with Crippen LogP contribution in [0.1, 0.15) is 5.56 Å². The number of quaternary nitrogens is 1. The van der Waals surface area contributed by atoms with E-state index < -0.39 is 0 Å². The minimum atomic E-state index is 0.0339. The molecule has 3 rings (SSSR count). The van der Waals surface area contributed by atoms with Crippen LogP contribution in [0.25, 0.3) is 10.2 Å². The Hall–Kier alpha value is -2.15. The number of ether oxygens (including phenoxy) is 1. The maximum atomic E-state index is 13.0. The van der Waals surface area contributed by atoms with Crippen LogP contribution >= 0.6 is 22.9 Å². The minimum absolute atomic E-state index is 0.0339. The second kappa shape index (κ2) is 8.69. The summed E-state index contributed by atoms with van der Waals surface area (Å²) in [6.07, 6.45) is 0.323. The van der Waals surface area contributed by atoms with E-state index in [0.29, 0.717) is 23.1 Å². The molecular formula is C20H23ClN3O2S+. The summed E-state index contributed by atoms with van der Waals surface area (Å²) in [5, 5.41) is 1.39. The predicted molar refractivity (Wildman–Crippen MR) is 111 cm³/mol. The van der Waals surface area contributed by atoms with Gasteiger partial charge in [-0.3, -0.25) is 9.69 Å². The predicted octanol–water partition coefficient (Wildman–Crippen LogP) is 2.68. The molecule has 0 aliphatic carbocycles. The summed E-state index contributed by atoms with van der Waals surface area (Å²) in [6, 6.07) is 13.2. The number of hydrogen-bond acceptors (Lipinski definition) is 4. The highest BCUT2D eigenvalue weighted by atomic mass is 35.5. The lowest BCUT2D eigenvalue weighted by Gasteiger charge is -2.20. The van der Waals surface area contributed by atoms with Crippen molar-refractivity contribution in [3.8, 4) is 5.75 Å². The van der Waals surface area contributed by atoms with Crippen molar-refractivity contribution in [1.29, 1.82) is 0 Å². The van der Waals surface area contributed by atoms with Gasteiger partial charge in [0.05, 0.1) is 50.9 Å². The van der Waals surface area contributed by atoms with Crippen molar-refractivity contribution < 1.29 is 14.4 Å². The molecule has 7 heteroatoms. The van der Waals surface area contributed by atoms with Gasteiger partial charge >= 0.3 is 0 Å². The molecule has 1 N–H and O–H groups in total. The molecule has 1 heterocycles. The summed E-state index contributed by atoms with van der Waals surface area (Å²) in [5.41, 5.74) is 1.81. The molecule has 0 atom stereocenters. The Labute approximate surface area is 168 Å². The Bertz CT molecular complexity index is 925. The third kappa shape index (κ3) is 4.97. The van der Waals surface area contributed by atoms with Gasteiger partial charge in [-0.05, 0) is 35.9 Å². The smallest absolute Gasteiger partial charge is 0.233 e. The van der Waals surface area contributed by atoms with Crippen molar-refractivity contribution in [2.45, 2.75) is 6.42 Å². The first kappa shape index (κ1) is 19.6. The van der Waals surface area contributed by atoms with Crippen molar-refractivity contribution in [1.82, 2.24) is 4.98 Å². The van der Waals surface area contributed by atoms with Gasteiger partial charge < -0.3 is 9.64 Å². The quantitative estimate of drug-likeness (QED) is 0.658. The second-order valence-corrected chi connectivity index (χ2v) is 8.08. The van der Waals surface area contributed by atoms with Crippen molar-refractivity contribution in [3.63, 3.8) is 0 Å². The monoisotopic (exact) mass is 404 g/mol. The lowest BCUT2D eigenvalue weighted by Crippen LogP contribution is -3.06. The van der Waals surface area contributed by atoms with Gasteiger partial charge in [-0.2, -0.15) is 0 Å². The normalized spacial score (nSPS) is 11.1. The number of benzene rings is 2. The molecule has 0 saturated carbocycles. The van der Waals surface area contributed by atoms with Gasteiger partial charge in [-0.15, -0.1) is 0 Å². The van der Waals surface area contributed by atoms with E-state index in [1.807, 2.05) is 42.5 Å². The molecule has 5 nitrogen and oxygen atoms in total. The van der Waals surface area contributed by atoms with E-state index >= 15 is 0 Å². The standard InChI is InChI=1S/C20H22ClN3O2S/c1-23(2)10-11-24(19(25)12-14-4-7-16(26-3)8-5-14)20-22-17-9-6-15(21)13-18(17)27-20/h4-9,13H,10-12H2,1-3H3/p+1. The van der Waals surface area contributed by atoms with Crippen molar-refractivity contribution >= 4 is 44.2 Å². The van der Waals surface area contributed by atoms with Crippen LogP contribution in [-0.4, -0.2) is 45.2 Å². The summed E-state index contributed by atoms with van der Waals surface area (Å²) in [7, 11) is 5.78. The molecule has 1 aromatic heterocycles. The van der Waals surface area contributed by atoms with Gasteiger partial charge in [0, 0.05) is 5.02 Å². The average molecular weight is 405 g/mol. The molecule has 0 saturated heterocycles. The summed E-state index contributed by atoms with van der Waals surface area (Å²) in [5.74, 6) is 0.814. The number of nitrogens with one attached hydrogen (secondary N) is 1. The van der Waals surface area contributed by atoms with Gasteiger partial charge in [-0.1, -0.05) is 35.1 Å². The highest BCUT2D eigenvalue weighted by Crippen LogP contribution is 2.31. The van der Waals surface area contributed by atoms with Gasteiger partial charge in [0.2, 0.25) is 5.91 Å². The number of carbonyl (C=O) groups excluding carboxylic acids is 1. The fourth-order valence-electron chi connectivity index (χ4n) is 2.68. The number of anilines is 1. The zero-order chi connectivity index (χ0) is 19.4. The maximum absolute atomic E-state index is 13.0. The van der Waals surface area contributed by atoms with E-state index in [-0.39, 0.29) is 5.91 Å². The molecule has 0 radical (unpaired) electrons. The second-order valence-electron chi connectivity index (χ2n) is 6.64. The molecule has 142 valence electrons. The molecule has 0 aliphatic heterocycles. The maximum Gasteiger partial charge on any atom is 0.233 e. The lowest BCUT2D eigenvalue weighted by molar-refractivity contribution is -0.856. The van der Waals surface area contributed by atoms with E-state index in [9.17, 15) is 4.79 Å². The average Bonchev–Trinajstić information content (AvgIpc) is 3.05. The van der Waals surface area contributed by atoms with Crippen LogP contribution in [0.4, 0.5) is 5.13 Å². The Kier molecular flexibility index (Phi) is 6.31. The summed E-state index contributed by atoms with van der Waals surface area (Å²) >= 11 is 7.59. The molecule has 0 fully saturated rings. The molecule has 2 aromatic carbocycles. The number of aromatic nitrogens is 1. The Morgan fingerprint density at radius 3 is 2.63 bits per heavy atom. The summed E-state index contributed by atoms with van der Waals surface area (Å²) < 4.78 is 6.17. The minimum Gasteiger partial charge on any atom is -0.497 e. The number of carbonyl (C=O) groups is 1. The zero-order valence-corrected chi connectivity index (χ0v) is 17.2. The van der Waals surface area contributed by atoms with Crippen LogP contribution in [0.15, 0.2) is 42.5 Å². The van der Waals surface area contributed by atoms with Gasteiger partial charge in [0.15, 0.2) is 5.13 Å². The van der Waals surface area contributed by atoms with Crippen molar-refractivity contribution in [2.24, 2.45) is 0 Å². The third-order valence-corrected chi connectivity index (χ3v) is 5.50. The first-order valence-electron chi connectivity index (χ1n) is 8.74. The highest BCUT2D eigenvalue weighted by Gasteiger charge is 2.21. The highest BCUT2D eigenvalue weighted by molar-refractivity contribution is 7.22. The molecular weight excluding hydrogens is 382 g/mol. The van der Waals surface area contributed by atoms with E-state index in [1.165, 1.54) is 16.2 Å². The molecule has 1 amide bonds. The van der Waals surface area contributed by atoms with E-state index in [4.69, 9.17) is 16.3 Å². The summed E-state index contributed by atoms with van der Waals surface area (Å²) in [4.78, 5) is 20.8. The summed E-state index contributed by atoms with van der Waals surface area (Å²) in [6.45, 7) is 1.45. The number of nitrogens with zero attached hydrogens (tertiary/aromatic N) is 2. The fraction of sp³-hybridized carbons (Fsp3) is 0.300. The SMILES string of the molecule is COc1ccc(CC(=O)N(CC[NH+](C)C)c2nc3ccc(Cl)cc3s2)cc1. The Balaban J connectivity index is 1.85. The molecule has 3 aromatic rings. The Morgan fingerprint density at radius 2 is 1.96 bits per heavy atom. The Morgan fingerprint density at radius 1 is 1.22 bits per heavy atom. The number of rotatable bonds is 7. The number of hydrogen-bond donors (Lipinski definition) is 1. The third-order valence-electron chi connectivity index (χ3n) is 4.22. The molecule has 0 bridgehead atoms. The zero-order valence-electron chi connectivity index (χ0n) is 15.7. The number of thiazole rings is 1. The van der Waals surface area contributed by atoms with E-state index in [2.05, 4.69) is 19.1 Å². The van der Waals surface area contributed by atoms with Crippen molar-refractivity contribution in [3.05, 3.63) is 53.1 Å². The number of amides is 1. The van der Waals surface area contributed by atoms with Gasteiger partial charge in [0.25, 0.3) is 0 Å². The topological polar surface area (TPSA) is 46.9 Å². The fourth-order valence-corrected chi connectivity index (χ4v) is 3.96. The van der Waals surface area contributed by atoms with Crippen LogP contribution in [0.3, 0.4) is 0 Å². The molecule has 0 spiro atoms. The van der Waals surface area contributed by atoms with Gasteiger partial charge in [0.1, 0.15) is 5.75 Å². The number of likely N-dealkylation sites (N-methyl/N-ethyl adjacent to an activating group) is 1. The number of halogens is 1.